The lowest BCUT2D eigenvalue weighted by molar-refractivity contribution is -0.138. The van der Waals surface area contributed by atoms with Crippen molar-refractivity contribution in [2.75, 3.05) is 29.2 Å². The predicted molar refractivity (Wildman–Crippen MR) is 121 cm³/mol. The van der Waals surface area contributed by atoms with Crippen LogP contribution in [-0.2, 0) is 24.4 Å². The van der Waals surface area contributed by atoms with Gasteiger partial charge in [-0.3, -0.25) is 14.4 Å². The van der Waals surface area contributed by atoms with Crippen LogP contribution < -0.4 is 20.1 Å². The number of hydrogen-bond donors (Lipinski definition) is 4. The standard InChI is InChI=1S/C20H23N3O7S2/c1-13(24)21-14-3-5-15(6-4-14)22-19(25)12-31-11-18(20(26)27)23-32(28,29)17-9-7-16(30-2)8-10-17/h3-10,18,23H,11-12H2,1-2H3,(H,21,24)(H,22,25)(H,26,27). The molecule has 2 amide bonds. The lowest BCUT2D eigenvalue weighted by Gasteiger charge is -2.15. The van der Waals surface area contributed by atoms with Crippen molar-refractivity contribution in [3.05, 3.63) is 48.5 Å². The van der Waals surface area contributed by atoms with Gasteiger partial charge in [0.25, 0.3) is 0 Å². The van der Waals surface area contributed by atoms with Crippen LogP contribution in [0.2, 0.25) is 0 Å². The summed E-state index contributed by atoms with van der Waals surface area (Å²) in [6.45, 7) is 1.38. The molecule has 2 aromatic carbocycles. The van der Waals surface area contributed by atoms with Gasteiger partial charge in [0.15, 0.2) is 0 Å². The van der Waals surface area contributed by atoms with E-state index in [0.29, 0.717) is 17.1 Å². The maximum atomic E-state index is 12.4. The van der Waals surface area contributed by atoms with Crippen molar-refractivity contribution in [1.82, 2.24) is 4.72 Å². The number of carboxylic acid groups (broad SMARTS) is 1. The zero-order valence-electron chi connectivity index (χ0n) is 17.3. The number of carboxylic acids is 1. The number of thioether (sulfide) groups is 1. The van der Waals surface area contributed by atoms with E-state index >= 15 is 0 Å². The molecule has 0 aromatic heterocycles. The Hall–Kier alpha value is -3.09. The fourth-order valence-electron chi connectivity index (χ4n) is 2.47. The van der Waals surface area contributed by atoms with Gasteiger partial charge in [0, 0.05) is 24.1 Å². The van der Waals surface area contributed by atoms with Crippen molar-refractivity contribution in [1.29, 1.82) is 0 Å². The minimum Gasteiger partial charge on any atom is -0.497 e. The van der Waals surface area contributed by atoms with Crippen molar-refractivity contribution >= 4 is 50.9 Å². The Bertz CT molecular complexity index is 1060. The van der Waals surface area contributed by atoms with E-state index < -0.39 is 22.0 Å². The van der Waals surface area contributed by atoms with Crippen LogP contribution in [0.25, 0.3) is 0 Å². The number of carbonyl (C=O) groups is 3. The maximum absolute atomic E-state index is 12.4. The highest BCUT2D eigenvalue weighted by Gasteiger charge is 2.25. The number of hydrogen-bond acceptors (Lipinski definition) is 7. The van der Waals surface area contributed by atoms with Gasteiger partial charge in [-0.15, -0.1) is 11.8 Å². The molecule has 1 atom stereocenters. The summed E-state index contributed by atoms with van der Waals surface area (Å²) >= 11 is 0.974. The molecule has 0 bridgehead atoms. The van der Waals surface area contributed by atoms with Crippen molar-refractivity contribution in [2.45, 2.75) is 17.9 Å². The first-order chi connectivity index (χ1) is 15.1. The highest BCUT2D eigenvalue weighted by Crippen LogP contribution is 2.17. The molecule has 2 aromatic rings. The number of rotatable bonds is 11. The van der Waals surface area contributed by atoms with Gasteiger partial charge in [0.2, 0.25) is 21.8 Å². The molecule has 1 unspecified atom stereocenters. The molecule has 4 N–H and O–H groups in total. The van der Waals surface area contributed by atoms with E-state index in [2.05, 4.69) is 15.4 Å². The summed E-state index contributed by atoms with van der Waals surface area (Å²) in [4.78, 5) is 34.5. The van der Waals surface area contributed by atoms with Crippen LogP contribution in [0.5, 0.6) is 5.75 Å². The van der Waals surface area contributed by atoms with Gasteiger partial charge in [0.05, 0.1) is 17.8 Å². The third-order valence-corrected chi connectivity index (χ3v) is 6.49. The number of ether oxygens (including phenoxy) is 1. The number of benzene rings is 2. The van der Waals surface area contributed by atoms with E-state index in [4.69, 9.17) is 4.74 Å². The number of methoxy groups -OCH3 is 1. The van der Waals surface area contributed by atoms with Gasteiger partial charge in [-0.25, -0.2) is 8.42 Å². The van der Waals surface area contributed by atoms with Crippen LogP contribution in [0, 0.1) is 0 Å². The zero-order valence-corrected chi connectivity index (χ0v) is 19.0. The van der Waals surface area contributed by atoms with Gasteiger partial charge in [0.1, 0.15) is 11.8 Å². The summed E-state index contributed by atoms with van der Waals surface area (Å²) in [5.74, 6) is -1.73. The molecule has 2 rings (SSSR count). The minimum absolute atomic E-state index is 0.0819. The molecule has 12 heteroatoms. The second kappa shape index (κ2) is 11.5. The van der Waals surface area contributed by atoms with E-state index in [0.717, 1.165) is 11.8 Å². The first kappa shape index (κ1) is 25.2. The summed E-state index contributed by atoms with van der Waals surface area (Å²) in [7, 11) is -2.63. The Morgan fingerprint density at radius 3 is 2.06 bits per heavy atom. The predicted octanol–water partition coefficient (Wildman–Crippen LogP) is 1.76. The Labute approximate surface area is 189 Å². The fraction of sp³-hybridized carbons (Fsp3) is 0.250. The van der Waals surface area contributed by atoms with Crippen molar-refractivity contribution < 1.29 is 32.6 Å². The molecule has 0 heterocycles. The number of amides is 2. The summed E-state index contributed by atoms with van der Waals surface area (Å²) < 4.78 is 32.0. The summed E-state index contributed by atoms with van der Waals surface area (Å²) in [6.07, 6.45) is 0. The van der Waals surface area contributed by atoms with Crippen LogP contribution in [0.1, 0.15) is 6.92 Å². The number of aliphatic carboxylic acids is 1. The smallest absolute Gasteiger partial charge is 0.322 e. The summed E-state index contributed by atoms with van der Waals surface area (Å²) in [5, 5.41) is 14.6. The monoisotopic (exact) mass is 481 g/mol. The first-order valence-electron chi connectivity index (χ1n) is 9.25. The molecule has 0 saturated carbocycles. The normalized spacial score (nSPS) is 11.9. The maximum Gasteiger partial charge on any atom is 0.322 e. The number of anilines is 2. The minimum atomic E-state index is -4.07. The third kappa shape index (κ3) is 7.87. The topological polar surface area (TPSA) is 151 Å². The van der Waals surface area contributed by atoms with E-state index in [9.17, 15) is 27.9 Å². The second-order valence-corrected chi connectivity index (χ2v) is 9.25. The van der Waals surface area contributed by atoms with Gasteiger partial charge in [-0.1, -0.05) is 0 Å². The molecule has 0 radical (unpaired) electrons. The van der Waals surface area contributed by atoms with Gasteiger partial charge in [-0.2, -0.15) is 4.72 Å². The molecule has 0 fully saturated rings. The Balaban J connectivity index is 1.88. The quantitative estimate of drug-likeness (QED) is 0.379. The molecule has 32 heavy (non-hydrogen) atoms. The largest absolute Gasteiger partial charge is 0.497 e. The van der Waals surface area contributed by atoms with Gasteiger partial charge in [-0.05, 0) is 48.5 Å². The van der Waals surface area contributed by atoms with E-state index in [1.165, 1.54) is 38.3 Å². The lowest BCUT2D eigenvalue weighted by Crippen LogP contribution is -2.42. The molecule has 0 aliphatic rings. The van der Waals surface area contributed by atoms with E-state index in [1.54, 1.807) is 24.3 Å². The number of sulfonamides is 1. The molecule has 0 spiro atoms. The number of nitrogens with one attached hydrogen (secondary N) is 3. The Kier molecular flexibility index (Phi) is 9.05. The van der Waals surface area contributed by atoms with Crippen LogP contribution in [0.3, 0.4) is 0 Å². The lowest BCUT2D eigenvalue weighted by atomic mass is 10.3. The van der Waals surface area contributed by atoms with Gasteiger partial charge >= 0.3 is 5.97 Å². The molecule has 0 aliphatic carbocycles. The van der Waals surface area contributed by atoms with Crippen molar-refractivity contribution in [3.8, 4) is 5.75 Å². The molecule has 0 saturated heterocycles. The Morgan fingerprint density at radius 1 is 1.00 bits per heavy atom. The average molecular weight is 482 g/mol. The van der Waals surface area contributed by atoms with E-state index in [1.807, 2.05) is 0 Å². The molecular formula is C20H23N3O7S2. The highest BCUT2D eigenvalue weighted by molar-refractivity contribution is 8.00. The van der Waals surface area contributed by atoms with Crippen LogP contribution in [0.4, 0.5) is 11.4 Å². The third-order valence-electron chi connectivity index (χ3n) is 3.97. The van der Waals surface area contributed by atoms with Crippen LogP contribution >= 0.6 is 11.8 Å². The average Bonchev–Trinajstić information content (AvgIpc) is 2.74. The first-order valence-corrected chi connectivity index (χ1v) is 11.9. The molecule has 10 nitrogen and oxygen atoms in total. The molecule has 172 valence electrons. The van der Waals surface area contributed by atoms with Crippen LogP contribution in [0.15, 0.2) is 53.4 Å². The summed E-state index contributed by atoms with van der Waals surface area (Å²) in [5.41, 5.74) is 1.08. The SMILES string of the molecule is COc1ccc(S(=O)(=O)NC(CSCC(=O)Nc2ccc(NC(C)=O)cc2)C(=O)O)cc1. The number of carbonyl (C=O) groups excluding carboxylic acids is 2. The van der Waals surface area contributed by atoms with E-state index in [-0.39, 0.29) is 28.2 Å². The zero-order chi connectivity index (χ0) is 23.7. The van der Waals surface area contributed by atoms with Gasteiger partial charge < -0.3 is 20.5 Å². The Morgan fingerprint density at radius 2 is 1.56 bits per heavy atom. The highest BCUT2D eigenvalue weighted by atomic mass is 32.2. The second-order valence-electron chi connectivity index (χ2n) is 6.51. The van der Waals surface area contributed by atoms with Crippen molar-refractivity contribution in [2.24, 2.45) is 0 Å². The van der Waals surface area contributed by atoms with Crippen LogP contribution in [-0.4, -0.2) is 56.0 Å². The summed E-state index contributed by atoms with van der Waals surface area (Å²) in [6, 6.07) is 10.6. The molecular weight excluding hydrogens is 458 g/mol. The van der Waals surface area contributed by atoms with Crippen molar-refractivity contribution in [3.63, 3.8) is 0 Å². The fourth-order valence-corrected chi connectivity index (χ4v) is 4.60. The molecule has 0 aliphatic heterocycles.